The van der Waals surface area contributed by atoms with Gasteiger partial charge in [0.15, 0.2) is 11.5 Å². The van der Waals surface area contributed by atoms with Crippen molar-refractivity contribution < 1.29 is 19.4 Å². The minimum Gasteiger partial charge on any atom is -0.493 e. The van der Waals surface area contributed by atoms with Gasteiger partial charge >= 0.3 is 5.97 Å². The van der Waals surface area contributed by atoms with E-state index >= 15 is 0 Å². The molecule has 0 fully saturated rings. The topological polar surface area (TPSA) is 80.2 Å². The summed E-state index contributed by atoms with van der Waals surface area (Å²) in [6.45, 7) is 0.147. The fraction of sp³-hybridized carbons (Fsp3) is 0.111. The predicted molar refractivity (Wildman–Crippen MR) is 97.0 cm³/mol. The number of methoxy groups -OCH3 is 1. The quantitative estimate of drug-likeness (QED) is 0.450. The molecule has 2 rings (SSSR count). The Hall–Kier alpha value is -3.17. The summed E-state index contributed by atoms with van der Waals surface area (Å²) in [5.74, 6) is 2.34. The molecule has 7 heteroatoms. The highest BCUT2D eigenvalue weighted by Crippen LogP contribution is 2.27. The summed E-state index contributed by atoms with van der Waals surface area (Å²) >= 11 is 5.82. The molecule has 0 saturated heterocycles. The zero-order valence-electron chi connectivity index (χ0n) is 13.3. The molecule has 0 radical (unpaired) electrons. The van der Waals surface area contributed by atoms with Crippen molar-refractivity contribution in [2.75, 3.05) is 19.1 Å². The first-order chi connectivity index (χ1) is 12.0. The first-order valence-electron chi connectivity index (χ1n) is 7.11. The molecule has 25 heavy (non-hydrogen) atoms. The largest absolute Gasteiger partial charge is 0.493 e. The first kappa shape index (κ1) is 18.2. The van der Waals surface area contributed by atoms with Crippen molar-refractivity contribution in [2.45, 2.75) is 0 Å². The second kappa shape index (κ2) is 8.62. The summed E-state index contributed by atoms with van der Waals surface area (Å²) in [6, 6.07) is 9.76. The minimum absolute atomic E-state index is 0.00134. The van der Waals surface area contributed by atoms with Gasteiger partial charge in [-0.05, 0) is 42.0 Å². The molecule has 2 N–H and O–H groups in total. The Morgan fingerprint density at radius 2 is 2.16 bits per heavy atom. The second-order valence-corrected chi connectivity index (χ2v) is 5.18. The van der Waals surface area contributed by atoms with Crippen LogP contribution in [0.2, 0.25) is 5.02 Å². The SMILES string of the molecule is C#CCOc1ccc(/C=N/Nc2ccc(Cl)c(C(=O)O)c2)cc1OC. The van der Waals surface area contributed by atoms with Gasteiger partial charge in [0.1, 0.15) is 6.61 Å². The van der Waals surface area contributed by atoms with E-state index in [1.54, 1.807) is 30.5 Å². The van der Waals surface area contributed by atoms with E-state index in [9.17, 15) is 4.79 Å². The lowest BCUT2D eigenvalue weighted by Crippen LogP contribution is -1.99. The lowest BCUT2D eigenvalue weighted by molar-refractivity contribution is 0.0697. The molecule has 128 valence electrons. The molecule has 0 heterocycles. The molecule has 0 aromatic heterocycles. The molecule has 2 aromatic carbocycles. The van der Waals surface area contributed by atoms with E-state index in [1.807, 2.05) is 0 Å². The maximum atomic E-state index is 11.1. The predicted octanol–water partition coefficient (Wildman–Crippen LogP) is 3.50. The summed E-state index contributed by atoms with van der Waals surface area (Å²) in [4.78, 5) is 11.1. The summed E-state index contributed by atoms with van der Waals surface area (Å²) in [5, 5.41) is 13.3. The number of hydrazone groups is 1. The number of aromatic carboxylic acids is 1. The van der Waals surface area contributed by atoms with Crippen LogP contribution in [0.1, 0.15) is 15.9 Å². The molecular weight excluding hydrogens is 344 g/mol. The van der Waals surface area contributed by atoms with Crippen LogP contribution in [-0.2, 0) is 0 Å². The number of carboxylic acid groups (broad SMARTS) is 1. The number of ether oxygens (including phenoxy) is 2. The van der Waals surface area contributed by atoms with Crippen LogP contribution in [0.4, 0.5) is 5.69 Å². The minimum atomic E-state index is -1.11. The van der Waals surface area contributed by atoms with Gasteiger partial charge in [0, 0.05) is 0 Å². The van der Waals surface area contributed by atoms with Crippen molar-refractivity contribution in [3.8, 4) is 23.8 Å². The second-order valence-electron chi connectivity index (χ2n) is 4.77. The number of rotatable bonds is 7. The monoisotopic (exact) mass is 358 g/mol. The Bertz CT molecular complexity index is 843. The van der Waals surface area contributed by atoms with Crippen LogP contribution in [-0.4, -0.2) is 31.0 Å². The molecule has 0 saturated carbocycles. The van der Waals surface area contributed by atoms with Gasteiger partial charge in [0.05, 0.1) is 29.6 Å². The Balaban J connectivity index is 2.11. The molecule has 0 aliphatic heterocycles. The summed E-state index contributed by atoms with van der Waals surface area (Å²) < 4.78 is 10.6. The average Bonchev–Trinajstić information content (AvgIpc) is 2.61. The number of halogens is 1. The summed E-state index contributed by atoms with van der Waals surface area (Å²) in [7, 11) is 1.53. The van der Waals surface area contributed by atoms with Crippen LogP contribution in [0, 0.1) is 12.3 Å². The average molecular weight is 359 g/mol. The number of hydrogen-bond donors (Lipinski definition) is 2. The fourth-order valence-corrected chi connectivity index (χ4v) is 2.14. The van der Waals surface area contributed by atoms with E-state index in [0.717, 1.165) is 5.56 Å². The Morgan fingerprint density at radius 1 is 1.36 bits per heavy atom. The first-order valence-corrected chi connectivity index (χ1v) is 7.49. The van der Waals surface area contributed by atoms with Gasteiger partial charge in [-0.1, -0.05) is 17.5 Å². The number of anilines is 1. The van der Waals surface area contributed by atoms with Gasteiger partial charge in [-0.15, -0.1) is 6.42 Å². The van der Waals surface area contributed by atoms with E-state index < -0.39 is 5.97 Å². The molecule has 0 unspecified atom stereocenters. The third-order valence-corrected chi connectivity index (χ3v) is 3.43. The maximum absolute atomic E-state index is 11.1. The number of hydrogen-bond acceptors (Lipinski definition) is 5. The Kier molecular flexibility index (Phi) is 6.26. The van der Waals surface area contributed by atoms with Gasteiger partial charge < -0.3 is 14.6 Å². The van der Waals surface area contributed by atoms with Crippen LogP contribution in [0.25, 0.3) is 0 Å². The lowest BCUT2D eigenvalue weighted by Gasteiger charge is -2.09. The van der Waals surface area contributed by atoms with E-state index in [0.29, 0.717) is 17.2 Å². The molecule has 0 amide bonds. The number of nitrogens with one attached hydrogen (secondary N) is 1. The van der Waals surface area contributed by atoms with Crippen LogP contribution in [0.15, 0.2) is 41.5 Å². The van der Waals surface area contributed by atoms with Gasteiger partial charge in [0.25, 0.3) is 0 Å². The molecular formula is C18H15ClN2O4. The van der Waals surface area contributed by atoms with Gasteiger partial charge in [-0.2, -0.15) is 5.10 Å². The summed E-state index contributed by atoms with van der Waals surface area (Å²) in [6.07, 6.45) is 6.73. The van der Waals surface area contributed by atoms with E-state index in [-0.39, 0.29) is 17.2 Å². The summed E-state index contributed by atoms with van der Waals surface area (Å²) in [5.41, 5.74) is 4.00. The molecule has 0 spiro atoms. The van der Waals surface area contributed by atoms with E-state index in [1.165, 1.54) is 19.2 Å². The molecule has 0 bridgehead atoms. The third-order valence-electron chi connectivity index (χ3n) is 3.10. The molecule has 6 nitrogen and oxygen atoms in total. The zero-order valence-corrected chi connectivity index (χ0v) is 14.1. The fourth-order valence-electron chi connectivity index (χ4n) is 1.94. The van der Waals surface area contributed by atoms with Crippen molar-refractivity contribution >= 4 is 29.5 Å². The number of benzene rings is 2. The van der Waals surface area contributed by atoms with Crippen molar-refractivity contribution in [3.05, 3.63) is 52.5 Å². The number of terminal acetylenes is 1. The molecule has 0 aliphatic carbocycles. The highest BCUT2D eigenvalue weighted by molar-refractivity contribution is 6.33. The maximum Gasteiger partial charge on any atom is 0.337 e. The standard InChI is InChI=1S/C18H15ClN2O4/c1-3-8-25-16-7-4-12(9-17(16)24-2)11-20-21-13-5-6-15(19)14(10-13)18(22)23/h1,4-7,9-11,21H,8H2,2H3,(H,22,23)/b20-11+. The van der Waals surface area contributed by atoms with Crippen LogP contribution in [0.5, 0.6) is 11.5 Å². The van der Waals surface area contributed by atoms with Crippen molar-refractivity contribution in [3.63, 3.8) is 0 Å². The van der Waals surface area contributed by atoms with Crippen LogP contribution in [0.3, 0.4) is 0 Å². The number of carbonyl (C=O) groups is 1. The molecule has 0 aliphatic rings. The van der Waals surface area contributed by atoms with Crippen molar-refractivity contribution in [2.24, 2.45) is 5.10 Å². The Morgan fingerprint density at radius 3 is 2.84 bits per heavy atom. The van der Waals surface area contributed by atoms with Crippen LogP contribution < -0.4 is 14.9 Å². The number of carboxylic acids is 1. The zero-order chi connectivity index (χ0) is 18.2. The highest BCUT2D eigenvalue weighted by Gasteiger charge is 2.09. The van der Waals surface area contributed by atoms with Crippen molar-refractivity contribution in [1.29, 1.82) is 0 Å². The van der Waals surface area contributed by atoms with Gasteiger partial charge in [-0.3, -0.25) is 5.43 Å². The number of nitrogens with zero attached hydrogens (tertiary/aromatic N) is 1. The molecule has 0 atom stereocenters. The molecule has 2 aromatic rings. The van der Waals surface area contributed by atoms with E-state index in [2.05, 4.69) is 16.4 Å². The smallest absolute Gasteiger partial charge is 0.337 e. The highest BCUT2D eigenvalue weighted by atomic mass is 35.5. The van der Waals surface area contributed by atoms with Gasteiger partial charge in [0.2, 0.25) is 0 Å². The Labute approximate surface area is 150 Å². The van der Waals surface area contributed by atoms with Crippen molar-refractivity contribution in [1.82, 2.24) is 0 Å². The van der Waals surface area contributed by atoms with E-state index in [4.69, 9.17) is 32.6 Å². The van der Waals surface area contributed by atoms with Gasteiger partial charge in [-0.25, -0.2) is 4.79 Å². The third kappa shape index (κ3) is 4.90. The van der Waals surface area contributed by atoms with Crippen LogP contribution >= 0.6 is 11.6 Å². The normalized spacial score (nSPS) is 10.3. The lowest BCUT2D eigenvalue weighted by atomic mass is 10.2.